The van der Waals surface area contributed by atoms with Gasteiger partial charge in [-0.15, -0.1) is 0 Å². The highest BCUT2D eigenvalue weighted by Crippen LogP contribution is 2.20. The number of carbonyl (C=O) groups excluding carboxylic acids is 1. The van der Waals surface area contributed by atoms with Crippen molar-refractivity contribution in [3.63, 3.8) is 0 Å². The Balaban J connectivity index is 1.43. The van der Waals surface area contributed by atoms with Crippen LogP contribution < -0.4 is 15.6 Å². The predicted molar refractivity (Wildman–Crippen MR) is 141 cm³/mol. The van der Waals surface area contributed by atoms with Crippen molar-refractivity contribution in [2.75, 3.05) is 11.9 Å². The number of nitrogens with zero attached hydrogens (tertiary/aromatic N) is 3. The highest BCUT2D eigenvalue weighted by atomic mass is 19.1. The van der Waals surface area contributed by atoms with Gasteiger partial charge in [0.05, 0.1) is 17.1 Å². The fourth-order valence-corrected chi connectivity index (χ4v) is 3.72. The van der Waals surface area contributed by atoms with Crippen molar-refractivity contribution in [3.8, 4) is 17.1 Å². The van der Waals surface area contributed by atoms with E-state index in [4.69, 9.17) is 4.74 Å². The van der Waals surface area contributed by atoms with E-state index in [0.29, 0.717) is 33.7 Å². The minimum Gasteiger partial charge on any atom is -0.483 e. The molecule has 5 rings (SSSR count). The van der Waals surface area contributed by atoms with Crippen LogP contribution in [0.3, 0.4) is 0 Å². The fraction of sp³-hybridized carbons (Fsp3) is 0.0345. The van der Waals surface area contributed by atoms with Crippen molar-refractivity contribution in [3.05, 3.63) is 125 Å². The summed E-state index contributed by atoms with van der Waals surface area (Å²) in [6, 6.07) is 28.9. The molecule has 0 spiro atoms. The second kappa shape index (κ2) is 10.7. The Morgan fingerprint density at radius 1 is 0.919 bits per heavy atom. The molecule has 0 fully saturated rings. The van der Waals surface area contributed by atoms with Crippen LogP contribution >= 0.6 is 0 Å². The summed E-state index contributed by atoms with van der Waals surface area (Å²) in [4.78, 5) is 30.3. The van der Waals surface area contributed by atoms with Crippen LogP contribution in [0.1, 0.15) is 5.56 Å². The van der Waals surface area contributed by atoms with Crippen molar-refractivity contribution >= 4 is 28.7 Å². The number of benzene rings is 4. The van der Waals surface area contributed by atoms with Crippen LogP contribution in [0.5, 0.6) is 5.75 Å². The molecule has 1 amide bonds. The molecule has 182 valence electrons. The van der Waals surface area contributed by atoms with E-state index < -0.39 is 11.7 Å². The van der Waals surface area contributed by atoms with E-state index in [1.807, 2.05) is 36.4 Å². The lowest BCUT2D eigenvalue weighted by atomic mass is 10.2. The number of ether oxygens (including phenoxy) is 1. The third-order valence-electron chi connectivity index (χ3n) is 5.50. The quantitative estimate of drug-likeness (QED) is 0.320. The topological polar surface area (TPSA) is 85.6 Å². The Labute approximate surface area is 211 Å². The lowest BCUT2D eigenvalue weighted by molar-refractivity contribution is -0.118. The number of aromatic nitrogens is 2. The number of fused-ring (bicyclic) bond motifs is 1. The third-order valence-corrected chi connectivity index (χ3v) is 5.50. The van der Waals surface area contributed by atoms with E-state index in [1.54, 1.807) is 42.5 Å². The molecule has 0 bridgehead atoms. The molecule has 0 saturated heterocycles. The molecule has 0 atom stereocenters. The van der Waals surface area contributed by atoms with Gasteiger partial charge in [0.25, 0.3) is 11.5 Å². The van der Waals surface area contributed by atoms with E-state index in [2.05, 4.69) is 15.4 Å². The molecule has 0 radical (unpaired) electrons. The molecular formula is C29H21FN4O3. The van der Waals surface area contributed by atoms with Crippen molar-refractivity contribution in [1.82, 2.24) is 9.66 Å². The average molecular weight is 493 g/mol. The molecule has 0 saturated carbocycles. The first-order chi connectivity index (χ1) is 18.1. The number of carbonyl (C=O) groups is 1. The molecular weight excluding hydrogens is 471 g/mol. The SMILES string of the molecule is O=C(COc1ccccc1C=Nn1c(-c2ccccc2)nc2ccccc2c1=O)Nc1ccc(F)cc1. The lowest BCUT2D eigenvalue weighted by Gasteiger charge is -2.11. The van der Waals surface area contributed by atoms with Crippen LogP contribution in [0.15, 0.2) is 113 Å². The van der Waals surface area contributed by atoms with Crippen LogP contribution in [0.4, 0.5) is 10.1 Å². The zero-order chi connectivity index (χ0) is 25.6. The molecule has 0 unspecified atom stereocenters. The molecule has 0 aliphatic carbocycles. The molecule has 7 nitrogen and oxygen atoms in total. The Kier molecular flexibility index (Phi) is 6.80. The summed E-state index contributed by atoms with van der Waals surface area (Å²) in [5.41, 5.74) is 2.04. The number of hydrogen-bond acceptors (Lipinski definition) is 5. The predicted octanol–water partition coefficient (Wildman–Crippen LogP) is 5.10. The second-order valence-corrected chi connectivity index (χ2v) is 8.06. The van der Waals surface area contributed by atoms with Crippen LogP contribution in [-0.2, 0) is 4.79 Å². The first kappa shape index (κ1) is 23.6. The first-order valence-corrected chi connectivity index (χ1v) is 11.5. The summed E-state index contributed by atoms with van der Waals surface area (Å²) in [5, 5.41) is 7.56. The Morgan fingerprint density at radius 2 is 1.62 bits per heavy atom. The monoisotopic (exact) mass is 492 g/mol. The molecule has 4 aromatic carbocycles. The van der Waals surface area contributed by atoms with Gasteiger partial charge in [-0.05, 0) is 48.5 Å². The number of amides is 1. The highest BCUT2D eigenvalue weighted by Gasteiger charge is 2.12. The standard InChI is InChI=1S/C29H21FN4O3/c30-22-14-16-23(17-15-22)32-27(35)19-37-26-13-7-4-10-21(26)18-31-34-28(20-8-2-1-3-9-20)33-25-12-6-5-11-24(25)29(34)36/h1-18H,19H2,(H,32,35). The lowest BCUT2D eigenvalue weighted by Crippen LogP contribution is -2.21. The van der Waals surface area contributed by atoms with E-state index >= 15 is 0 Å². The van der Waals surface area contributed by atoms with Gasteiger partial charge in [-0.25, -0.2) is 9.37 Å². The number of anilines is 1. The van der Waals surface area contributed by atoms with Crippen molar-refractivity contribution < 1.29 is 13.9 Å². The summed E-state index contributed by atoms with van der Waals surface area (Å²) in [7, 11) is 0. The number of para-hydroxylation sites is 2. The minimum absolute atomic E-state index is 0.269. The number of rotatable bonds is 7. The van der Waals surface area contributed by atoms with Gasteiger partial charge >= 0.3 is 0 Å². The highest BCUT2D eigenvalue weighted by molar-refractivity contribution is 5.92. The molecule has 0 aliphatic rings. The number of nitrogens with one attached hydrogen (secondary N) is 1. The molecule has 8 heteroatoms. The van der Waals surface area contributed by atoms with Crippen LogP contribution in [0, 0.1) is 5.82 Å². The molecule has 0 aliphatic heterocycles. The molecule has 1 heterocycles. The van der Waals surface area contributed by atoms with Crippen LogP contribution in [0.25, 0.3) is 22.3 Å². The Morgan fingerprint density at radius 3 is 2.43 bits per heavy atom. The number of hydrogen-bond donors (Lipinski definition) is 1. The fourth-order valence-electron chi connectivity index (χ4n) is 3.72. The zero-order valence-corrected chi connectivity index (χ0v) is 19.5. The Hall–Kier alpha value is -5.11. The van der Waals surface area contributed by atoms with E-state index in [9.17, 15) is 14.0 Å². The average Bonchev–Trinajstić information content (AvgIpc) is 2.93. The van der Waals surface area contributed by atoms with Crippen molar-refractivity contribution in [2.45, 2.75) is 0 Å². The molecule has 1 aromatic heterocycles. The summed E-state index contributed by atoms with van der Waals surface area (Å²) in [6.45, 7) is -0.269. The molecule has 37 heavy (non-hydrogen) atoms. The minimum atomic E-state index is -0.403. The maximum atomic E-state index is 13.3. The van der Waals surface area contributed by atoms with Gasteiger partial charge in [-0.1, -0.05) is 54.6 Å². The normalized spacial score (nSPS) is 11.1. The first-order valence-electron chi connectivity index (χ1n) is 11.5. The van der Waals surface area contributed by atoms with E-state index in [0.717, 1.165) is 5.56 Å². The summed E-state index contributed by atoms with van der Waals surface area (Å²) >= 11 is 0. The van der Waals surface area contributed by atoms with Gasteiger partial charge in [0.1, 0.15) is 11.6 Å². The van der Waals surface area contributed by atoms with Crippen molar-refractivity contribution in [2.24, 2.45) is 5.10 Å². The van der Waals surface area contributed by atoms with Crippen LogP contribution in [0.2, 0.25) is 0 Å². The maximum Gasteiger partial charge on any atom is 0.282 e. The summed E-state index contributed by atoms with van der Waals surface area (Å²) in [5.74, 6) is 0.0134. The smallest absolute Gasteiger partial charge is 0.282 e. The van der Waals surface area contributed by atoms with Gasteiger partial charge in [0, 0.05) is 16.8 Å². The van der Waals surface area contributed by atoms with Gasteiger partial charge in [0.15, 0.2) is 12.4 Å². The van der Waals surface area contributed by atoms with E-state index in [1.165, 1.54) is 35.2 Å². The van der Waals surface area contributed by atoms with Gasteiger partial charge < -0.3 is 10.1 Å². The zero-order valence-electron chi connectivity index (χ0n) is 19.5. The maximum absolute atomic E-state index is 13.3. The largest absolute Gasteiger partial charge is 0.483 e. The van der Waals surface area contributed by atoms with Crippen LogP contribution in [-0.4, -0.2) is 28.4 Å². The second-order valence-electron chi connectivity index (χ2n) is 8.06. The van der Waals surface area contributed by atoms with E-state index in [-0.39, 0.29) is 12.2 Å². The number of halogens is 1. The molecule has 5 aromatic rings. The third kappa shape index (κ3) is 5.43. The van der Waals surface area contributed by atoms with Crippen molar-refractivity contribution in [1.29, 1.82) is 0 Å². The summed E-state index contributed by atoms with van der Waals surface area (Å²) < 4.78 is 20.1. The summed E-state index contributed by atoms with van der Waals surface area (Å²) in [6.07, 6.45) is 1.50. The van der Waals surface area contributed by atoms with Gasteiger partial charge in [0.2, 0.25) is 0 Å². The van der Waals surface area contributed by atoms with Gasteiger partial charge in [-0.3, -0.25) is 9.59 Å². The van der Waals surface area contributed by atoms with Gasteiger partial charge in [-0.2, -0.15) is 9.78 Å². The Bertz CT molecular complexity index is 1650. The molecule has 1 N–H and O–H groups in total.